The third-order valence-electron chi connectivity index (χ3n) is 3.07. The normalized spacial score (nSPS) is 24.9. The Balaban J connectivity index is 2.37. The fourth-order valence-electron chi connectivity index (χ4n) is 2.17. The van der Waals surface area contributed by atoms with Crippen molar-refractivity contribution in [1.29, 1.82) is 0 Å². The van der Waals surface area contributed by atoms with Gasteiger partial charge in [0, 0.05) is 13.8 Å². The molecule has 0 aromatic carbocycles. The Hall–Kier alpha value is -1.06. The van der Waals surface area contributed by atoms with Crippen molar-refractivity contribution in [3.63, 3.8) is 0 Å². The minimum atomic E-state index is -0.239. The molecular weight excluding hydrogens is 208 g/mol. The maximum absolute atomic E-state index is 10.8. The van der Waals surface area contributed by atoms with E-state index in [0.717, 1.165) is 12.8 Å². The van der Waals surface area contributed by atoms with Crippen LogP contribution in [0.25, 0.3) is 0 Å². The van der Waals surface area contributed by atoms with Crippen molar-refractivity contribution >= 4 is 11.9 Å². The highest BCUT2D eigenvalue weighted by Gasteiger charge is 2.26. The summed E-state index contributed by atoms with van der Waals surface area (Å²) in [5.74, 6) is 0.211. The SMILES string of the molecule is CC(=O)OC[C@H]1CCCC[C@H]1COC(C)=O. The van der Waals surface area contributed by atoms with E-state index in [2.05, 4.69) is 0 Å². The predicted octanol–water partition coefficient (Wildman–Crippen LogP) is 1.92. The molecule has 1 fully saturated rings. The molecule has 1 aliphatic carbocycles. The van der Waals surface area contributed by atoms with Gasteiger partial charge >= 0.3 is 11.9 Å². The molecule has 2 atom stereocenters. The van der Waals surface area contributed by atoms with Gasteiger partial charge in [-0.05, 0) is 24.7 Å². The van der Waals surface area contributed by atoms with E-state index in [1.54, 1.807) is 0 Å². The minimum Gasteiger partial charge on any atom is -0.466 e. The van der Waals surface area contributed by atoms with Crippen LogP contribution in [0.4, 0.5) is 0 Å². The number of rotatable bonds is 4. The molecule has 0 unspecified atom stereocenters. The molecule has 0 bridgehead atoms. The Kier molecular flexibility index (Phi) is 5.29. The Labute approximate surface area is 96.3 Å². The summed E-state index contributed by atoms with van der Waals surface area (Å²) < 4.78 is 10.1. The summed E-state index contributed by atoms with van der Waals surface area (Å²) in [7, 11) is 0. The molecule has 0 N–H and O–H groups in total. The van der Waals surface area contributed by atoms with Gasteiger partial charge in [0.2, 0.25) is 0 Å². The Morgan fingerprint density at radius 1 is 0.938 bits per heavy atom. The summed E-state index contributed by atoms with van der Waals surface area (Å²) in [5, 5.41) is 0. The first-order valence-electron chi connectivity index (χ1n) is 5.86. The molecule has 0 aliphatic heterocycles. The number of carbonyl (C=O) groups is 2. The molecule has 0 spiro atoms. The summed E-state index contributed by atoms with van der Waals surface area (Å²) in [5.41, 5.74) is 0. The fourth-order valence-corrected chi connectivity index (χ4v) is 2.17. The van der Waals surface area contributed by atoms with Gasteiger partial charge in [-0.15, -0.1) is 0 Å². The minimum absolute atomic E-state index is 0.239. The van der Waals surface area contributed by atoms with Crippen molar-refractivity contribution in [3.8, 4) is 0 Å². The van der Waals surface area contributed by atoms with Gasteiger partial charge in [-0.2, -0.15) is 0 Å². The second kappa shape index (κ2) is 6.51. The number of hydrogen-bond acceptors (Lipinski definition) is 4. The molecule has 0 saturated heterocycles. The zero-order valence-electron chi connectivity index (χ0n) is 10.0. The third-order valence-corrected chi connectivity index (χ3v) is 3.07. The zero-order chi connectivity index (χ0) is 12.0. The summed E-state index contributed by atoms with van der Waals surface area (Å²) in [6.07, 6.45) is 4.45. The van der Waals surface area contributed by atoms with Crippen molar-refractivity contribution in [3.05, 3.63) is 0 Å². The number of hydrogen-bond donors (Lipinski definition) is 0. The van der Waals surface area contributed by atoms with Crippen LogP contribution in [0, 0.1) is 11.8 Å². The second-order valence-corrected chi connectivity index (χ2v) is 4.41. The van der Waals surface area contributed by atoms with Crippen molar-refractivity contribution in [1.82, 2.24) is 0 Å². The van der Waals surface area contributed by atoms with Crippen LogP contribution in [0.15, 0.2) is 0 Å². The standard InChI is InChI=1S/C12H20O4/c1-9(13)15-7-11-5-3-4-6-12(11)8-16-10(2)14/h11-12H,3-8H2,1-2H3/t11-,12+. The monoisotopic (exact) mass is 228 g/mol. The van der Waals surface area contributed by atoms with E-state index in [1.165, 1.54) is 26.7 Å². The van der Waals surface area contributed by atoms with Gasteiger partial charge in [0.15, 0.2) is 0 Å². The van der Waals surface area contributed by atoms with Gasteiger partial charge in [0.05, 0.1) is 13.2 Å². The molecule has 1 aliphatic rings. The molecule has 0 amide bonds. The number of carbonyl (C=O) groups excluding carboxylic acids is 2. The lowest BCUT2D eigenvalue weighted by atomic mass is 9.80. The van der Waals surface area contributed by atoms with Gasteiger partial charge in [0.1, 0.15) is 0 Å². The first kappa shape index (κ1) is 13.0. The van der Waals surface area contributed by atoms with E-state index < -0.39 is 0 Å². The quantitative estimate of drug-likeness (QED) is 0.690. The van der Waals surface area contributed by atoms with Crippen LogP contribution in [0.1, 0.15) is 39.5 Å². The second-order valence-electron chi connectivity index (χ2n) is 4.41. The summed E-state index contributed by atoms with van der Waals surface area (Å²) in [6.45, 7) is 3.76. The Morgan fingerprint density at radius 3 is 1.62 bits per heavy atom. The largest absolute Gasteiger partial charge is 0.466 e. The van der Waals surface area contributed by atoms with Crippen LogP contribution in [-0.4, -0.2) is 25.2 Å². The van der Waals surface area contributed by atoms with Gasteiger partial charge < -0.3 is 9.47 Å². The van der Waals surface area contributed by atoms with Crippen LogP contribution in [0.5, 0.6) is 0 Å². The van der Waals surface area contributed by atoms with Gasteiger partial charge in [-0.3, -0.25) is 9.59 Å². The lowest BCUT2D eigenvalue weighted by molar-refractivity contribution is -0.147. The Bertz CT molecular complexity index is 223. The molecule has 16 heavy (non-hydrogen) atoms. The Morgan fingerprint density at radius 2 is 1.31 bits per heavy atom. The van der Waals surface area contributed by atoms with Crippen molar-refractivity contribution in [2.45, 2.75) is 39.5 Å². The molecule has 1 rings (SSSR count). The highest BCUT2D eigenvalue weighted by atomic mass is 16.5. The first-order valence-corrected chi connectivity index (χ1v) is 5.86. The fraction of sp³-hybridized carbons (Fsp3) is 0.833. The van der Waals surface area contributed by atoms with Gasteiger partial charge in [-0.1, -0.05) is 12.8 Å². The van der Waals surface area contributed by atoms with Gasteiger partial charge in [0.25, 0.3) is 0 Å². The maximum Gasteiger partial charge on any atom is 0.302 e. The van der Waals surface area contributed by atoms with Crippen LogP contribution >= 0.6 is 0 Å². The van der Waals surface area contributed by atoms with Crippen molar-refractivity contribution in [2.75, 3.05) is 13.2 Å². The number of esters is 2. The average Bonchev–Trinajstić information content (AvgIpc) is 2.24. The van der Waals surface area contributed by atoms with Crippen LogP contribution in [0.3, 0.4) is 0 Å². The average molecular weight is 228 g/mol. The number of ether oxygens (including phenoxy) is 2. The smallest absolute Gasteiger partial charge is 0.302 e. The van der Waals surface area contributed by atoms with Crippen LogP contribution in [0.2, 0.25) is 0 Å². The van der Waals surface area contributed by atoms with E-state index in [0.29, 0.717) is 25.0 Å². The molecule has 92 valence electrons. The summed E-state index contributed by atoms with van der Waals surface area (Å²) >= 11 is 0. The molecule has 4 nitrogen and oxygen atoms in total. The van der Waals surface area contributed by atoms with Gasteiger partial charge in [-0.25, -0.2) is 0 Å². The topological polar surface area (TPSA) is 52.6 Å². The predicted molar refractivity (Wildman–Crippen MR) is 58.7 cm³/mol. The van der Waals surface area contributed by atoms with E-state index in [-0.39, 0.29) is 11.9 Å². The highest BCUT2D eigenvalue weighted by Crippen LogP contribution is 2.30. The lowest BCUT2D eigenvalue weighted by Gasteiger charge is -2.30. The molecular formula is C12H20O4. The summed E-state index contributed by atoms with van der Waals surface area (Å²) in [6, 6.07) is 0. The summed E-state index contributed by atoms with van der Waals surface area (Å²) in [4.78, 5) is 21.5. The maximum atomic E-state index is 10.8. The van der Waals surface area contributed by atoms with E-state index in [1.807, 2.05) is 0 Å². The van der Waals surface area contributed by atoms with Crippen LogP contribution < -0.4 is 0 Å². The lowest BCUT2D eigenvalue weighted by Crippen LogP contribution is -2.29. The zero-order valence-corrected chi connectivity index (χ0v) is 10.0. The van der Waals surface area contributed by atoms with E-state index in [4.69, 9.17) is 9.47 Å². The van der Waals surface area contributed by atoms with E-state index in [9.17, 15) is 9.59 Å². The van der Waals surface area contributed by atoms with Crippen molar-refractivity contribution in [2.24, 2.45) is 11.8 Å². The van der Waals surface area contributed by atoms with Crippen molar-refractivity contribution < 1.29 is 19.1 Å². The molecule has 1 saturated carbocycles. The third kappa shape index (κ3) is 4.64. The molecule has 0 heterocycles. The van der Waals surface area contributed by atoms with E-state index >= 15 is 0 Å². The molecule has 4 heteroatoms. The highest BCUT2D eigenvalue weighted by molar-refractivity contribution is 5.66. The first-order chi connectivity index (χ1) is 7.59. The van der Waals surface area contributed by atoms with Crippen LogP contribution in [-0.2, 0) is 19.1 Å². The molecule has 0 radical (unpaired) electrons. The molecule has 0 aromatic heterocycles. The molecule has 0 aromatic rings.